The maximum Gasteiger partial charge on any atom is 0.162 e. The standard InChI is InChI=1S/C14H21FN2/c15-13-7-5-12(6-8-13)14(11-16)17-9-3-1-2-4-10-17/h5-8,14H,1-4,9-11,16H2/p+2/t14-/m0/s1. The van der Waals surface area contributed by atoms with Gasteiger partial charge in [-0.15, -0.1) is 0 Å². The van der Waals surface area contributed by atoms with Crippen LogP contribution < -0.4 is 10.6 Å². The predicted molar refractivity (Wildman–Crippen MR) is 66.1 cm³/mol. The van der Waals surface area contributed by atoms with Gasteiger partial charge in [0.05, 0.1) is 13.1 Å². The summed E-state index contributed by atoms with van der Waals surface area (Å²) in [5.41, 5.74) is 5.31. The van der Waals surface area contributed by atoms with E-state index in [1.54, 1.807) is 17.0 Å². The first-order valence-corrected chi connectivity index (χ1v) is 6.70. The SMILES string of the molecule is [NH3+]C[C@@H](c1ccc(F)cc1)[NH+]1CCCCCC1. The largest absolute Gasteiger partial charge is 0.352 e. The molecule has 4 N–H and O–H groups in total. The van der Waals surface area contributed by atoms with Crippen molar-refractivity contribution in [2.45, 2.75) is 31.7 Å². The lowest BCUT2D eigenvalue weighted by atomic mass is 10.0. The fraction of sp³-hybridized carbons (Fsp3) is 0.571. The van der Waals surface area contributed by atoms with Crippen LogP contribution in [0, 0.1) is 5.82 Å². The molecule has 0 aromatic heterocycles. The Morgan fingerprint density at radius 3 is 2.18 bits per heavy atom. The van der Waals surface area contributed by atoms with Crippen molar-refractivity contribution in [1.82, 2.24) is 0 Å². The van der Waals surface area contributed by atoms with Crippen molar-refractivity contribution < 1.29 is 15.0 Å². The van der Waals surface area contributed by atoms with Gasteiger partial charge in [0.1, 0.15) is 12.4 Å². The summed E-state index contributed by atoms with van der Waals surface area (Å²) in [5, 5.41) is 0. The van der Waals surface area contributed by atoms with E-state index < -0.39 is 0 Å². The van der Waals surface area contributed by atoms with Crippen LogP contribution in [0.1, 0.15) is 37.3 Å². The van der Waals surface area contributed by atoms with E-state index in [4.69, 9.17) is 0 Å². The van der Waals surface area contributed by atoms with E-state index in [9.17, 15) is 4.39 Å². The Hall–Kier alpha value is -0.930. The summed E-state index contributed by atoms with van der Waals surface area (Å²) in [5.74, 6) is -0.151. The third-order valence-corrected chi connectivity index (χ3v) is 3.80. The molecule has 0 spiro atoms. The van der Waals surface area contributed by atoms with Crippen LogP contribution in [0.25, 0.3) is 0 Å². The van der Waals surface area contributed by atoms with Gasteiger partial charge >= 0.3 is 0 Å². The molecule has 1 saturated heterocycles. The quantitative estimate of drug-likeness (QED) is 0.772. The molecule has 94 valence electrons. The second kappa shape index (κ2) is 6.12. The molecular weight excluding hydrogens is 215 g/mol. The van der Waals surface area contributed by atoms with Gasteiger partial charge in [-0.3, -0.25) is 0 Å². The van der Waals surface area contributed by atoms with Crippen LogP contribution in [0.15, 0.2) is 24.3 Å². The molecule has 0 aliphatic carbocycles. The topological polar surface area (TPSA) is 32.1 Å². The van der Waals surface area contributed by atoms with Gasteiger partial charge in [-0.05, 0) is 49.9 Å². The minimum absolute atomic E-state index is 0.151. The monoisotopic (exact) mass is 238 g/mol. The molecule has 0 unspecified atom stereocenters. The molecule has 2 rings (SSSR count). The first-order chi connectivity index (χ1) is 8.31. The highest BCUT2D eigenvalue weighted by Gasteiger charge is 2.25. The van der Waals surface area contributed by atoms with Crippen LogP contribution in [0.3, 0.4) is 0 Å². The fourth-order valence-electron chi connectivity index (χ4n) is 2.83. The van der Waals surface area contributed by atoms with Crippen molar-refractivity contribution in [2.75, 3.05) is 19.6 Å². The average molecular weight is 238 g/mol. The van der Waals surface area contributed by atoms with Gasteiger partial charge in [0.15, 0.2) is 6.04 Å². The Kier molecular flexibility index (Phi) is 4.51. The van der Waals surface area contributed by atoms with Crippen LogP contribution in [-0.4, -0.2) is 19.6 Å². The Morgan fingerprint density at radius 1 is 1.06 bits per heavy atom. The lowest BCUT2D eigenvalue weighted by Crippen LogP contribution is -3.13. The summed E-state index contributed by atoms with van der Waals surface area (Å²) in [6, 6.07) is 7.41. The second-order valence-corrected chi connectivity index (χ2v) is 4.97. The third-order valence-electron chi connectivity index (χ3n) is 3.80. The van der Waals surface area contributed by atoms with Gasteiger partial charge in [-0.25, -0.2) is 4.39 Å². The molecule has 2 nitrogen and oxygen atoms in total. The smallest absolute Gasteiger partial charge is 0.162 e. The average Bonchev–Trinajstić information content (AvgIpc) is 2.62. The third kappa shape index (κ3) is 3.27. The molecule has 1 aromatic rings. The van der Waals surface area contributed by atoms with Crippen LogP contribution in [0.5, 0.6) is 0 Å². The highest BCUT2D eigenvalue weighted by Crippen LogP contribution is 2.11. The van der Waals surface area contributed by atoms with E-state index in [0.717, 1.165) is 6.54 Å². The zero-order valence-electron chi connectivity index (χ0n) is 10.4. The number of hydrogen-bond acceptors (Lipinski definition) is 0. The maximum atomic E-state index is 12.9. The van der Waals surface area contributed by atoms with E-state index in [-0.39, 0.29) is 5.82 Å². The van der Waals surface area contributed by atoms with Gasteiger partial charge in [0.25, 0.3) is 0 Å². The molecule has 0 amide bonds. The normalized spacial score (nSPS) is 19.9. The first kappa shape index (κ1) is 12.5. The summed E-state index contributed by atoms with van der Waals surface area (Å²) in [4.78, 5) is 1.63. The van der Waals surface area contributed by atoms with Gasteiger partial charge in [-0.1, -0.05) is 0 Å². The highest BCUT2D eigenvalue weighted by molar-refractivity contribution is 5.18. The molecule has 1 aromatic carbocycles. The Balaban J connectivity index is 2.11. The van der Waals surface area contributed by atoms with Crippen molar-refractivity contribution in [3.05, 3.63) is 35.6 Å². The summed E-state index contributed by atoms with van der Waals surface area (Å²) in [7, 11) is 0. The number of rotatable bonds is 3. The minimum atomic E-state index is -0.151. The number of halogens is 1. The van der Waals surface area contributed by atoms with E-state index in [2.05, 4.69) is 5.73 Å². The van der Waals surface area contributed by atoms with Crippen molar-refractivity contribution in [3.8, 4) is 0 Å². The summed E-state index contributed by atoms with van der Waals surface area (Å²) < 4.78 is 12.9. The number of likely N-dealkylation sites (tertiary alicyclic amines) is 1. The zero-order chi connectivity index (χ0) is 12.1. The molecule has 1 atom stereocenters. The lowest BCUT2D eigenvalue weighted by molar-refractivity contribution is -0.937. The molecule has 0 bridgehead atoms. The summed E-state index contributed by atoms with van der Waals surface area (Å²) in [6.07, 6.45) is 5.34. The van der Waals surface area contributed by atoms with Crippen LogP contribution >= 0.6 is 0 Å². The predicted octanol–water partition coefficient (Wildman–Crippen LogP) is 0.568. The summed E-state index contributed by atoms with van der Waals surface area (Å²) >= 11 is 0. The molecular formula is C14H23FN2+2. The Labute approximate surface area is 103 Å². The Morgan fingerprint density at radius 2 is 1.65 bits per heavy atom. The van der Waals surface area contributed by atoms with Gasteiger partial charge in [0, 0.05) is 5.56 Å². The van der Waals surface area contributed by atoms with E-state index in [1.165, 1.54) is 44.3 Å². The van der Waals surface area contributed by atoms with Crippen LogP contribution in [0.4, 0.5) is 4.39 Å². The lowest BCUT2D eigenvalue weighted by Gasteiger charge is -2.25. The molecule has 17 heavy (non-hydrogen) atoms. The van der Waals surface area contributed by atoms with E-state index >= 15 is 0 Å². The van der Waals surface area contributed by atoms with E-state index in [1.807, 2.05) is 12.1 Å². The number of quaternary nitrogens is 2. The van der Waals surface area contributed by atoms with Crippen molar-refractivity contribution in [1.29, 1.82) is 0 Å². The van der Waals surface area contributed by atoms with Crippen LogP contribution in [0.2, 0.25) is 0 Å². The molecule has 1 heterocycles. The maximum absolute atomic E-state index is 12.9. The molecule has 0 radical (unpaired) electrons. The number of hydrogen-bond donors (Lipinski definition) is 2. The molecule has 1 aliphatic heterocycles. The molecule has 1 fully saturated rings. The fourth-order valence-corrected chi connectivity index (χ4v) is 2.83. The van der Waals surface area contributed by atoms with Gasteiger partial charge < -0.3 is 10.6 Å². The van der Waals surface area contributed by atoms with Crippen LogP contribution in [-0.2, 0) is 0 Å². The molecule has 1 aliphatic rings. The Bertz CT molecular complexity index is 329. The number of benzene rings is 1. The second-order valence-electron chi connectivity index (χ2n) is 4.97. The minimum Gasteiger partial charge on any atom is -0.352 e. The zero-order valence-corrected chi connectivity index (χ0v) is 10.4. The first-order valence-electron chi connectivity index (χ1n) is 6.70. The van der Waals surface area contributed by atoms with Gasteiger partial charge in [-0.2, -0.15) is 0 Å². The van der Waals surface area contributed by atoms with Gasteiger partial charge in [0.2, 0.25) is 0 Å². The summed E-state index contributed by atoms with van der Waals surface area (Å²) in [6.45, 7) is 3.36. The van der Waals surface area contributed by atoms with Crippen molar-refractivity contribution in [3.63, 3.8) is 0 Å². The van der Waals surface area contributed by atoms with E-state index in [0.29, 0.717) is 6.04 Å². The van der Waals surface area contributed by atoms with Crippen molar-refractivity contribution in [2.24, 2.45) is 0 Å². The molecule has 0 saturated carbocycles. The highest BCUT2D eigenvalue weighted by atomic mass is 19.1. The van der Waals surface area contributed by atoms with Crippen molar-refractivity contribution >= 4 is 0 Å². The molecule has 3 heteroatoms. The number of nitrogens with one attached hydrogen (secondary N) is 1.